The Kier molecular flexibility index (Phi) is 3.28. The molecule has 0 aromatic carbocycles. The summed E-state index contributed by atoms with van der Waals surface area (Å²) in [4.78, 5) is 12.7. The van der Waals surface area contributed by atoms with Gasteiger partial charge in [0.1, 0.15) is 11.4 Å². The first-order chi connectivity index (χ1) is 9.21. The van der Waals surface area contributed by atoms with Crippen molar-refractivity contribution in [2.75, 3.05) is 5.32 Å². The highest BCUT2D eigenvalue weighted by atomic mass is 35.5. The fourth-order valence-electron chi connectivity index (χ4n) is 2.58. The van der Waals surface area contributed by atoms with Crippen molar-refractivity contribution in [3.63, 3.8) is 0 Å². The van der Waals surface area contributed by atoms with Gasteiger partial charge in [0.25, 0.3) is 0 Å². The Morgan fingerprint density at radius 2 is 1.89 bits per heavy atom. The Hall–Kier alpha value is -1.41. The number of rotatable bonds is 3. The van der Waals surface area contributed by atoms with Crippen molar-refractivity contribution in [2.24, 2.45) is 0 Å². The van der Waals surface area contributed by atoms with E-state index in [1.165, 1.54) is 6.42 Å². The molecular formula is C13H16ClN5. The summed E-state index contributed by atoms with van der Waals surface area (Å²) in [5.74, 6) is 1.63. The minimum atomic E-state index is -0.538. The minimum absolute atomic E-state index is 0.211. The zero-order valence-corrected chi connectivity index (χ0v) is 11.4. The standard InChI is InChI=1S/C13H16ClN5/c14-11-16-10(9-4-5-9)17-12(18-11)19-13(8-15)6-2-1-3-7-13/h9H,1-7H2,(H,16,17,18,19). The number of hydrogen-bond donors (Lipinski definition) is 1. The van der Waals surface area contributed by atoms with Gasteiger partial charge < -0.3 is 5.32 Å². The Labute approximate surface area is 117 Å². The first kappa shape index (κ1) is 12.6. The highest BCUT2D eigenvalue weighted by Crippen LogP contribution is 2.39. The maximum Gasteiger partial charge on any atom is 0.228 e. The predicted octanol–water partition coefficient (Wildman–Crippen LogP) is 3.04. The average Bonchev–Trinajstić information content (AvgIpc) is 3.23. The van der Waals surface area contributed by atoms with Crippen LogP contribution in [0, 0.1) is 11.3 Å². The number of nitrogens with zero attached hydrogens (tertiary/aromatic N) is 4. The fraction of sp³-hybridized carbons (Fsp3) is 0.692. The summed E-state index contributed by atoms with van der Waals surface area (Å²) in [6.07, 6.45) is 7.23. The quantitative estimate of drug-likeness (QED) is 0.919. The Balaban J connectivity index is 1.83. The SMILES string of the molecule is N#CC1(Nc2nc(Cl)nc(C3CC3)n2)CCCCC1. The molecule has 0 aliphatic heterocycles. The van der Waals surface area contributed by atoms with E-state index in [-0.39, 0.29) is 5.28 Å². The van der Waals surface area contributed by atoms with Crippen LogP contribution in [-0.4, -0.2) is 20.5 Å². The second kappa shape index (κ2) is 4.93. The average molecular weight is 278 g/mol. The first-order valence-electron chi connectivity index (χ1n) is 6.82. The van der Waals surface area contributed by atoms with E-state index in [0.29, 0.717) is 11.9 Å². The number of aromatic nitrogens is 3. The van der Waals surface area contributed by atoms with Crippen LogP contribution in [0.3, 0.4) is 0 Å². The summed E-state index contributed by atoms with van der Waals surface area (Å²) < 4.78 is 0. The number of anilines is 1. The van der Waals surface area contributed by atoms with Crippen molar-refractivity contribution < 1.29 is 0 Å². The molecule has 1 heterocycles. The topological polar surface area (TPSA) is 74.5 Å². The van der Waals surface area contributed by atoms with Crippen molar-refractivity contribution >= 4 is 17.5 Å². The Morgan fingerprint density at radius 3 is 2.53 bits per heavy atom. The van der Waals surface area contributed by atoms with Crippen LogP contribution in [0.15, 0.2) is 0 Å². The third-order valence-corrected chi connectivity index (χ3v) is 4.01. The van der Waals surface area contributed by atoms with E-state index < -0.39 is 5.54 Å². The Bertz CT molecular complexity index is 514. The van der Waals surface area contributed by atoms with E-state index in [4.69, 9.17) is 11.6 Å². The lowest BCUT2D eigenvalue weighted by Gasteiger charge is -2.31. The molecule has 0 unspecified atom stereocenters. The Morgan fingerprint density at radius 1 is 1.16 bits per heavy atom. The van der Waals surface area contributed by atoms with Gasteiger partial charge in [0.05, 0.1) is 6.07 Å². The van der Waals surface area contributed by atoms with E-state index in [9.17, 15) is 5.26 Å². The van der Waals surface area contributed by atoms with E-state index >= 15 is 0 Å². The summed E-state index contributed by atoms with van der Waals surface area (Å²) in [7, 11) is 0. The van der Waals surface area contributed by atoms with Crippen molar-refractivity contribution in [1.82, 2.24) is 15.0 Å². The van der Waals surface area contributed by atoms with Gasteiger partial charge in [-0.15, -0.1) is 0 Å². The first-order valence-corrected chi connectivity index (χ1v) is 7.19. The molecule has 3 rings (SSSR count). The maximum absolute atomic E-state index is 9.45. The molecule has 5 nitrogen and oxygen atoms in total. The number of hydrogen-bond acceptors (Lipinski definition) is 5. The summed E-state index contributed by atoms with van der Waals surface area (Å²) in [5, 5.41) is 12.9. The predicted molar refractivity (Wildman–Crippen MR) is 71.9 cm³/mol. The van der Waals surface area contributed by atoms with Gasteiger partial charge in [-0.2, -0.15) is 15.2 Å². The lowest BCUT2D eigenvalue weighted by molar-refractivity contribution is 0.390. The molecule has 100 valence electrons. The molecule has 19 heavy (non-hydrogen) atoms. The van der Waals surface area contributed by atoms with Gasteiger partial charge >= 0.3 is 0 Å². The van der Waals surface area contributed by atoms with Gasteiger partial charge in [0.15, 0.2) is 0 Å². The van der Waals surface area contributed by atoms with Crippen LogP contribution in [0.4, 0.5) is 5.95 Å². The molecule has 0 radical (unpaired) electrons. The molecule has 0 spiro atoms. The molecule has 2 aliphatic rings. The van der Waals surface area contributed by atoms with Crippen LogP contribution in [0.1, 0.15) is 56.7 Å². The molecule has 2 fully saturated rings. The van der Waals surface area contributed by atoms with Crippen LogP contribution in [0.2, 0.25) is 5.28 Å². The van der Waals surface area contributed by atoms with Gasteiger partial charge in [0.2, 0.25) is 11.2 Å². The zero-order chi connectivity index (χ0) is 13.3. The second-order valence-electron chi connectivity index (χ2n) is 5.44. The molecule has 2 saturated carbocycles. The van der Waals surface area contributed by atoms with Gasteiger partial charge in [-0.3, -0.25) is 0 Å². The third-order valence-electron chi connectivity index (χ3n) is 3.84. The molecule has 1 aromatic heterocycles. The van der Waals surface area contributed by atoms with Gasteiger partial charge in [-0.1, -0.05) is 19.3 Å². The van der Waals surface area contributed by atoms with Crippen LogP contribution in [0.5, 0.6) is 0 Å². The van der Waals surface area contributed by atoms with Crippen molar-refractivity contribution in [2.45, 2.75) is 56.4 Å². The molecule has 1 N–H and O–H groups in total. The van der Waals surface area contributed by atoms with Crippen molar-refractivity contribution in [1.29, 1.82) is 5.26 Å². The van der Waals surface area contributed by atoms with Gasteiger partial charge in [-0.25, -0.2) is 4.98 Å². The van der Waals surface area contributed by atoms with Gasteiger partial charge in [0, 0.05) is 5.92 Å². The summed E-state index contributed by atoms with van der Waals surface area (Å²) >= 11 is 5.94. The molecule has 0 atom stereocenters. The summed E-state index contributed by atoms with van der Waals surface area (Å²) in [5.41, 5.74) is -0.538. The van der Waals surface area contributed by atoms with E-state index in [1.54, 1.807) is 0 Å². The maximum atomic E-state index is 9.45. The van der Waals surface area contributed by atoms with Crippen molar-refractivity contribution in [3.8, 4) is 6.07 Å². The third kappa shape index (κ3) is 2.79. The highest BCUT2D eigenvalue weighted by Gasteiger charge is 2.34. The lowest BCUT2D eigenvalue weighted by atomic mass is 9.83. The molecule has 2 aliphatic carbocycles. The second-order valence-corrected chi connectivity index (χ2v) is 5.78. The molecular weight excluding hydrogens is 262 g/mol. The van der Waals surface area contributed by atoms with Crippen LogP contribution in [0.25, 0.3) is 0 Å². The lowest BCUT2D eigenvalue weighted by Crippen LogP contribution is -2.39. The highest BCUT2D eigenvalue weighted by molar-refractivity contribution is 6.28. The number of nitriles is 1. The molecule has 0 amide bonds. The summed E-state index contributed by atoms with van der Waals surface area (Å²) in [6, 6.07) is 2.40. The molecule has 0 saturated heterocycles. The van der Waals surface area contributed by atoms with Crippen LogP contribution >= 0.6 is 11.6 Å². The van der Waals surface area contributed by atoms with E-state index in [1.807, 2.05) is 0 Å². The zero-order valence-electron chi connectivity index (χ0n) is 10.7. The van der Waals surface area contributed by atoms with Crippen LogP contribution < -0.4 is 5.32 Å². The fourth-order valence-corrected chi connectivity index (χ4v) is 2.75. The molecule has 0 bridgehead atoms. The summed E-state index contributed by atoms with van der Waals surface area (Å²) in [6.45, 7) is 0. The molecule has 6 heteroatoms. The normalized spacial score (nSPS) is 21.7. The van der Waals surface area contributed by atoms with Gasteiger partial charge in [-0.05, 0) is 37.3 Å². The van der Waals surface area contributed by atoms with E-state index in [2.05, 4.69) is 26.3 Å². The number of halogens is 1. The van der Waals surface area contributed by atoms with Crippen LogP contribution in [-0.2, 0) is 0 Å². The smallest absolute Gasteiger partial charge is 0.228 e. The monoisotopic (exact) mass is 277 g/mol. The minimum Gasteiger partial charge on any atom is -0.336 e. The van der Waals surface area contributed by atoms with E-state index in [0.717, 1.165) is 44.3 Å². The number of nitrogens with one attached hydrogen (secondary N) is 1. The largest absolute Gasteiger partial charge is 0.336 e. The molecule has 1 aromatic rings. The van der Waals surface area contributed by atoms with Crippen molar-refractivity contribution in [3.05, 3.63) is 11.1 Å².